The first-order valence-corrected chi connectivity index (χ1v) is 6.24. The summed E-state index contributed by atoms with van der Waals surface area (Å²) in [5.74, 6) is 0.148. The topological polar surface area (TPSA) is 61.4 Å². The lowest BCUT2D eigenvalue weighted by Crippen LogP contribution is -2.50. The maximum Gasteiger partial charge on any atom is 0.317 e. The van der Waals surface area contributed by atoms with E-state index in [9.17, 15) is 9.59 Å². The maximum absolute atomic E-state index is 12.1. The van der Waals surface area contributed by atoms with E-state index in [1.54, 1.807) is 4.90 Å². The van der Waals surface area contributed by atoms with E-state index in [-0.39, 0.29) is 29.8 Å². The van der Waals surface area contributed by atoms with Crippen LogP contribution in [0.5, 0.6) is 0 Å². The van der Waals surface area contributed by atoms with Gasteiger partial charge in [-0.05, 0) is 0 Å². The normalized spacial score (nSPS) is 17.8. The van der Waals surface area contributed by atoms with Crippen molar-refractivity contribution in [2.75, 3.05) is 19.6 Å². The van der Waals surface area contributed by atoms with Crippen LogP contribution in [0.1, 0.15) is 27.7 Å². The van der Waals surface area contributed by atoms with Crippen molar-refractivity contribution in [3.05, 3.63) is 0 Å². The molecule has 2 amide bonds. The highest BCUT2D eigenvalue weighted by Gasteiger charge is 2.28. The largest absolute Gasteiger partial charge is 0.336 e. The van der Waals surface area contributed by atoms with Gasteiger partial charge in [0, 0.05) is 31.6 Å². The predicted molar refractivity (Wildman–Crippen MR) is 66.9 cm³/mol. The van der Waals surface area contributed by atoms with Crippen LogP contribution in [-0.2, 0) is 4.79 Å². The van der Waals surface area contributed by atoms with E-state index in [0.29, 0.717) is 19.6 Å². The van der Waals surface area contributed by atoms with Gasteiger partial charge >= 0.3 is 6.03 Å². The third-order valence-electron chi connectivity index (χ3n) is 2.80. The fourth-order valence-electron chi connectivity index (χ4n) is 1.94. The Morgan fingerprint density at radius 2 is 2.06 bits per heavy atom. The van der Waals surface area contributed by atoms with Crippen molar-refractivity contribution < 1.29 is 9.59 Å². The fraction of sp³-hybridized carbons (Fsp3) is 0.833. The molecule has 1 atom stereocenters. The summed E-state index contributed by atoms with van der Waals surface area (Å²) >= 11 is 0. The summed E-state index contributed by atoms with van der Waals surface area (Å²) in [5, 5.41) is 5.98. The van der Waals surface area contributed by atoms with Crippen LogP contribution < -0.4 is 10.6 Å². The molecule has 0 spiro atoms. The van der Waals surface area contributed by atoms with Gasteiger partial charge in [0.2, 0.25) is 0 Å². The standard InChI is InChI=1S/C12H23N3O2/c1-8(2)11(16)10(14-9(3)4)7-15-6-5-13-12(15)17/h8-10,14H,5-7H2,1-4H3,(H,13,17). The Morgan fingerprint density at radius 1 is 1.41 bits per heavy atom. The molecule has 1 aliphatic rings. The summed E-state index contributed by atoms with van der Waals surface area (Å²) in [6, 6.07) is -0.107. The van der Waals surface area contributed by atoms with Gasteiger partial charge in [-0.2, -0.15) is 0 Å². The summed E-state index contributed by atoms with van der Waals surface area (Å²) in [5.41, 5.74) is 0. The first kappa shape index (κ1) is 14.0. The van der Waals surface area contributed by atoms with Gasteiger partial charge in [0.05, 0.1) is 6.04 Å². The molecule has 0 bridgehead atoms. The Kier molecular flexibility index (Phi) is 4.93. The number of urea groups is 1. The molecule has 1 fully saturated rings. The SMILES string of the molecule is CC(C)NC(CN1CCNC1=O)C(=O)C(C)C. The summed E-state index contributed by atoms with van der Waals surface area (Å²) in [6.07, 6.45) is 0. The molecule has 5 nitrogen and oxygen atoms in total. The fourth-order valence-corrected chi connectivity index (χ4v) is 1.94. The van der Waals surface area contributed by atoms with Crippen LogP contribution in [0.2, 0.25) is 0 Å². The van der Waals surface area contributed by atoms with E-state index < -0.39 is 0 Å². The summed E-state index contributed by atoms with van der Waals surface area (Å²) < 4.78 is 0. The molecule has 2 N–H and O–H groups in total. The minimum atomic E-state index is -0.265. The molecule has 17 heavy (non-hydrogen) atoms. The van der Waals surface area contributed by atoms with Crippen LogP contribution in [0, 0.1) is 5.92 Å². The molecule has 0 saturated carbocycles. The Bertz CT molecular complexity index is 289. The van der Waals surface area contributed by atoms with Crippen molar-refractivity contribution in [3.63, 3.8) is 0 Å². The van der Waals surface area contributed by atoms with Crippen molar-refractivity contribution in [1.29, 1.82) is 0 Å². The first-order chi connectivity index (χ1) is 7.91. The number of carbonyl (C=O) groups is 2. The second-order valence-corrected chi connectivity index (χ2v) is 5.11. The number of hydrogen-bond donors (Lipinski definition) is 2. The van der Waals surface area contributed by atoms with Gasteiger partial charge in [-0.15, -0.1) is 0 Å². The summed E-state index contributed by atoms with van der Waals surface area (Å²) in [7, 11) is 0. The molecule has 1 aliphatic heterocycles. The van der Waals surface area contributed by atoms with E-state index in [1.807, 2.05) is 27.7 Å². The van der Waals surface area contributed by atoms with Crippen molar-refractivity contribution in [2.24, 2.45) is 5.92 Å². The lowest BCUT2D eigenvalue weighted by atomic mass is 10.0. The zero-order valence-electron chi connectivity index (χ0n) is 11.1. The zero-order chi connectivity index (χ0) is 13.0. The lowest BCUT2D eigenvalue weighted by molar-refractivity contribution is -0.124. The van der Waals surface area contributed by atoms with Crippen LogP contribution in [0.4, 0.5) is 4.79 Å². The van der Waals surface area contributed by atoms with Gasteiger partial charge in [-0.25, -0.2) is 4.79 Å². The molecule has 5 heteroatoms. The minimum absolute atomic E-state index is 0.0167. The van der Waals surface area contributed by atoms with Gasteiger partial charge in [-0.1, -0.05) is 27.7 Å². The number of hydrogen-bond acceptors (Lipinski definition) is 3. The van der Waals surface area contributed by atoms with Gasteiger partial charge in [-0.3, -0.25) is 4.79 Å². The van der Waals surface area contributed by atoms with E-state index in [1.165, 1.54) is 0 Å². The monoisotopic (exact) mass is 241 g/mol. The van der Waals surface area contributed by atoms with Gasteiger partial charge in [0.1, 0.15) is 0 Å². The average molecular weight is 241 g/mol. The molecule has 0 aromatic heterocycles. The molecule has 0 aromatic rings. The second-order valence-electron chi connectivity index (χ2n) is 5.11. The Hall–Kier alpha value is -1.10. The highest BCUT2D eigenvalue weighted by atomic mass is 16.2. The van der Waals surface area contributed by atoms with Crippen LogP contribution in [0.15, 0.2) is 0 Å². The van der Waals surface area contributed by atoms with Crippen molar-refractivity contribution in [2.45, 2.75) is 39.8 Å². The van der Waals surface area contributed by atoms with Gasteiger partial charge in [0.15, 0.2) is 5.78 Å². The van der Waals surface area contributed by atoms with Crippen molar-refractivity contribution in [3.8, 4) is 0 Å². The molecule has 1 unspecified atom stereocenters. The van der Waals surface area contributed by atoms with Crippen molar-refractivity contribution in [1.82, 2.24) is 15.5 Å². The number of ketones is 1. The average Bonchev–Trinajstić information content (AvgIpc) is 2.61. The highest BCUT2D eigenvalue weighted by Crippen LogP contribution is 2.06. The third-order valence-corrected chi connectivity index (χ3v) is 2.80. The lowest BCUT2D eigenvalue weighted by Gasteiger charge is -2.26. The van der Waals surface area contributed by atoms with E-state index >= 15 is 0 Å². The minimum Gasteiger partial charge on any atom is -0.336 e. The summed E-state index contributed by atoms with van der Waals surface area (Å²) in [4.78, 5) is 25.2. The molecule has 0 aliphatic carbocycles. The third kappa shape index (κ3) is 4.00. The smallest absolute Gasteiger partial charge is 0.317 e. The highest BCUT2D eigenvalue weighted by molar-refractivity contribution is 5.87. The number of Topliss-reactive ketones (excluding diaryl/α,β-unsaturated/α-hetero) is 1. The number of amides is 2. The number of nitrogens with zero attached hydrogens (tertiary/aromatic N) is 1. The molecule has 98 valence electrons. The van der Waals surface area contributed by atoms with E-state index in [0.717, 1.165) is 0 Å². The first-order valence-electron chi connectivity index (χ1n) is 6.24. The molecule has 1 rings (SSSR count). The summed E-state index contributed by atoms with van der Waals surface area (Å²) in [6.45, 7) is 9.60. The molecule has 0 aromatic carbocycles. The van der Waals surface area contributed by atoms with Gasteiger partial charge in [0.25, 0.3) is 0 Å². The molecular formula is C12H23N3O2. The van der Waals surface area contributed by atoms with Gasteiger partial charge < -0.3 is 15.5 Å². The molecular weight excluding hydrogens is 218 g/mol. The van der Waals surface area contributed by atoms with Crippen LogP contribution in [0.3, 0.4) is 0 Å². The van der Waals surface area contributed by atoms with E-state index in [4.69, 9.17) is 0 Å². The predicted octanol–water partition coefficient (Wildman–Crippen LogP) is 0.603. The van der Waals surface area contributed by atoms with E-state index in [2.05, 4.69) is 10.6 Å². The van der Waals surface area contributed by atoms with Crippen molar-refractivity contribution >= 4 is 11.8 Å². The maximum atomic E-state index is 12.1. The van der Waals surface area contributed by atoms with Crippen LogP contribution in [0.25, 0.3) is 0 Å². The second kappa shape index (κ2) is 6.00. The molecule has 1 heterocycles. The van der Waals surface area contributed by atoms with Crippen LogP contribution >= 0.6 is 0 Å². The molecule has 1 saturated heterocycles. The Balaban J connectivity index is 2.62. The quantitative estimate of drug-likeness (QED) is 0.716. The Labute approximate surface area is 103 Å². The Morgan fingerprint density at radius 3 is 2.47 bits per heavy atom. The zero-order valence-corrected chi connectivity index (χ0v) is 11.1. The molecule has 0 radical (unpaired) electrons. The number of rotatable bonds is 6. The number of nitrogens with one attached hydrogen (secondary N) is 2. The number of carbonyl (C=O) groups excluding carboxylic acids is 2. The van der Waals surface area contributed by atoms with Crippen LogP contribution in [-0.4, -0.2) is 48.4 Å².